The molecule has 1 amide bonds. The van der Waals surface area contributed by atoms with Gasteiger partial charge in [-0.15, -0.1) is 0 Å². The number of aromatic nitrogens is 3. The first-order valence-electron chi connectivity index (χ1n) is 10.5. The molecule has 1 spiro atoms. The number of aromatic amines is 1. The molecule has 1 atom stereocenters. The summed E-state index contributed by atoms with van der Waals surface area (Å²) < 4.78 is 19.6. The fourth-order valence-corrected chi connectivity index (χ4v) is 4.66. The summed E-state index contributed by atoms with van der Waals surface area (Å²) in [6, 6.07) is 6.30. The number of hydrogen-bond acceptors (Lipinski definition) is 7. The average Bonchev–Trinajstić information content (AvgIpc) is 3.18. The lowest BCUT2D eigenvalue weighted by Crippen LogP contribution is -2.54. The molecule has 5 rings (SSSR count). The van der Waals surface area contributed by atoms with Crippen molar-refractivity contribution >= 4 is 23.2 Å². The first-order valence-corrected chi connectivity index (χ1v) is 10.5. The molecule has 3 aromatic rings. The number of hydrogen-bond donors (Lipinski definition) is 5. The molecule has 2 aliphatic rings. The maximum absolute atomic E-state index is 14.4. The first kappa shape index (κ1) is 20.3. The molecule has 1 saturated heterocycles. The Morgan fingerprint density at radius 1 is 1.28 bits per heavy atom. The molecule has 2 aromatic heterocycles. The van der Waals surface area contributed by atoms with Gasteiger partial charge in [0.2, 0.25) is 5.95 Å². The van der Waals surface area contributed by atoms with Gasteiger partial charge < -0.3 is 31.4 Å². The maximum Gasteiger partial charge on any atom is 0.255 e. The number of carbonyl (C=O) groups is 1. The van der Waals surface area contributed by atoms with E-state index in [1.165, 1.54) is 13.2 Å². The van der Waals surface area contributed by atoms with Gasteiger partial charge in [-0.05, 0) is 37.6 Å². The largest absolute Gasteiger partial charge is 0.492 e. The summed E-state index contributed by atoms with van der Waals surface area (Å²) in [5.41, 5.74) is 8.86. The summed E-state index contributed by atoms with van der Waals surface area (Å²) >= 11 is 0. The molecule has 1 aromatic carbocycles. The van der Waals surface area contributed by atoms with Crippen molar-refractivity contribution in [3.8, 4) is 17.1 Å². The van der Waals surface area contributed by atoms with E-state index >= 15 is 0 Å². The molecule has 0 aliphatic carbocycles. The van der Waals surface area contributed by atoms with Crippen LogP contribution in [-0.4, -0.2) is 47.6 Å². The van der Waals surface area contributed by atoms with E-state index in [0.717, 1.165) is 31.6 Å². The van der Waals surface area contributed by atoms with Crippen LogP contribution in [-0.2, 0) is 5.41 Å². The smallest absolute Gasteiger partial charge is 0.255 e. The number of nitrogens with two attached hydrogens (primary N) is 1. The van der Waals surface area contributed by atoms with Crippen molar-refractivity contribution in [2.45, 2.75) is 18.3 Å². The first-order chi connectivity index (χ1) is 15.5. The number of para-hydroxylation sites is 1. The number of rotatable bonds is 4. The Balaban J connectivity index is 1.73. The molecule has 1 unspecified atom stereocenters. The van der Waals surface area contributed by atoms with E-state index in [9.17, 15) is 9.18 Å². The lowest BCUT2D eigenvalue weighted by molar-refractivity contribution is 0.0916. The minimum absolute atomic E-state index is 0.0564. The van der Waals surface area contributed by atoms with Crippen molar-refractivity contribution in [1.29, 1.82) is 0 Å². The van der Waals surface area contributed by atoms with Gasteiger partial charge in [0.15, 0.2) is 11.6 Å². The van der Waals surface area contributed by atoms with Crippen LogP contribution in [0.3, 0.4) is 0 Å². The third kappa shape index (κ3) is 3.23. The number of fused-ring (bicyclic) bond motifs is 2. The Morgan fingerprint density at radius 3 is 2.91 bits per heavy atom. The molecule has 0 radical (unpaired) electrons. The molecule has 4 heterocycles. The second-order valence-electron chi connectivity index (χ2n) is 8.11. The Kier molecular flexibility index (Phi) is 4.93. The highest BCUT2D eigenvalue weighted by atomic mass is 19.1. The van der Waals surface area contributed by atoms with Crippen molar-refractivity contribution in [3.63, 3.8) is 0 Å². The summed E-state index contributed by atoms with van der Waals surface area (Å²) in [6.07, 6.45) is 3.47. The zero-order valence-corrected chi connectivity index (χ0v) is 17.6. The summed E-state index contributed by atoms with van der Waals surface area (Å²) in [5.74, 6) is -0.547. The van der Waals surface area contributed by atoms with Gasteiger partial charge in [-0.25, -0.2) is 14.4 Å². The lowest BCUT2D eigenvalue weighted by atomic mass is 9.74. The van der Waals surface area contributed by atoms with Crippen LogP contribution in [0.1, 0.15) is 28.9 Å². The van der Waals surface area contributed by atoms with Crippen molar-refractivity contribution in [1.82, 2.24) is 25.6 Å². The number of methoxy groups -OCH3 is 1. The minimum atomic E-state index is -0.507. The number of anilines is 3. The number of benzene rings is 1. The fourth-order valence-electron chi connectivity index (χ4n) is 4.66. The molecule has 0 saturated carbocycles. The third-order valence-corrected chi connectivity index (χ3v) is 6.18. The van der Waals surface area contributed by atoms with E-state index < -0.39 is 5.82 Å². The van der Waals surface area contributed by atoms with Crippen molar-refractivity contribution in [3.05, 3.63) is 47.5 Å². The predicted octanol–water partition coefficient (Wildman–Crippen LogP) is 2.31. The highest BCUT2D eigenvalue weighted by molar-refractivity contribution is 6.06. The highest BCUT2D eigenvalue weighted by Gasteiger charge is 2.44. The summed E-state index contributed by atoms with van der Waals surface area (Å²) in [6.45, 7) is 2.20. The normalized spacial score (nSPS) is 20.0. The van der Waals surface area contributed by atoms with Crippen LogP contribution >= 0.6 is 0 Å². The van der Waals surface area contributed by atoms with Gasteiger partial charge in [0.05, 0.1) is 35.4 Å². The number of piperidine rings is 1. The highest BCUT2D eigenvalue weighted by Crippen LogP contribution is 2.44. The van der Waals surface area contributed by atoms with E-state index in [1.807, 2.05) is 0 Å². The standard InChI is InChI=1S/C22H24FN7O2/c1-32-18-12(23)4-2-5-14(18)28-17-15-19(30-16(17)13-6-9-26-21(24)29-13)22(11-27-20(15)31)7-3-8-25-10-22/h2,4-6,9,25,28,30H,3,7-8,10-11H2,1H3,(H,27,31)(H2,24,26,29). The lowest BCUT2D eigenvalue weighted by Gasteiger charge is -2.40. The van der Waals surface area contributed by atoms with Gasteiger partial charge >= 0.3 is 0 Å². The van der Waals surface area contributed by atoms with E-state index in [0.29, 0.717) is 34.9 Å². The fraction of sp³-hybridized carbons (Fsp3) is 0.318. The van der Waals surface area contributed by atoms with Gasteiger partial charge in [-0.1, -0.05) is 6.07 Å². The van der Waals surface area contributed by atoms with Crippen LogP contribution in [0, 0.1) is 5.82 Å². The molecule has 166 valence electrons. The zero-order chi connectivity index (χ0) is 22.3. The van der Waals surface area contributed by atoms with Crippen molar-refractivity contribution in [2.24, 2.45) is 0 Å². The number of nitrogens with zero attached hydrogens (tertiary/aromatic N) is 2. The van der Waals surface area contributed by atoms with Crippen LogP contribution in [0.15, 0.2) is 30.5 Å². The van der Waals surface area contributed by atoms with Crippen molar-refractivity contribution in [2.75, 3.05) is 37.8 Å². The number of carbonyl (C=O) groups excluding carboxylic acids is 1. The van der Waals surface area contributed by atoms with Gasteiger partial charge in [-0.3, -0.25) is 4.79 Å². The SMILES string of the molecule is COc1c(F)cccc1Nc1c(-c2ccnc(N)n2)[nH]c2c1C(=O)NCC21CCCNC1. The van der Waals surface area contributed by atoms with Crippen LogP contribution in [0.4, 0.5) is 21.7 Å². The van der Waals surface area contributed by atoms with Crippen LogP contribution < -0.4 is 26.4 Å². The maximum atomic E-state index is 14.4. The Labute approximate surface area is 184 Å². The number of halogens is 1. The molecule has 32 heavy (non-hydrogen) atoms. The summed E-state index contributed by atoms with van der Waals surface area (Å²) in [7, 11) is 1.40. The van der Waals surface area contributed by atoms with Crippen molar-refractivity contribution < 1.29 is 13.9 Å². The minimum Gasteiger partial charge on any atom is -0.492 e. The van der Waals surface area contributed by atoms with Crippen LogP contribution in [0.5, 0.6) is 5.75 Å². The quantitative estimate of drug-likeness (QED) is 0.423. The molecule has 0 bridgehead atoms. The van der Waals surface area contributed by atoms with E-state index in [4.69, 9.17) is 10.5 Å². The molecule has 1 fully saturated rings. The summed E-state index contributed by atoms with van der Waals surface area (Å²) in [4.78, 5) is 24.9. The number of amides is 1. The molecular weight excluding hydrogens is 413 g/mol. The van der Waals surface area contributed by atoms with E-state index in [1.54, 1.807) is 24.4 Å². The number of nitrogen functional groups attached to an aromatic ring is 1. The van der Waals surface area contributed by atoms with Gasteiger partial charge in [0.25, 0.3) is 5.91 Å². The molecule has 2 aliphatic heterocycles. The molecule has 9 nitrogen and oxygen atoms in total. The average molecular weight is 437 g/mol. The number of nitrogens with one attached hydrogen (secondary N) is 4. The zero-order valence-electron chi connectivity index (χ0n) is 17.6. The third-order valence-electron chi connectivity index (χ3n) is 6.18. The Hall–Kier alpha value is -3.66. The Morgan fingerprint density at radius 2 is 2.16 bits per heavy atom. The second kappa shape index (κ2) is 7.79. The second-order valence-corrected chi connectivity index (χ2v) is 8.11. The number of H-pyrrole nitrogens is 1. The van der Waals surface area contributed by atoms with Gasteiger partial charge in [0.1, 0.15) is 0 Å². The van der Waals surface area contributed by atoms with E-state index in [2.05, 4.69) is 30.9 Å². The Bertz CT molecular complexity index is 1190. The number of ether oxygens (including phenoxy) is 1. The van der Waals surface area contributed by atoms with E-state index in [-0.39, 0.29) is 23.0 Å². The van der Waals surface area contributed by atoms with Gasteiger partial charge in [0, 0.05) is 30.4 Å². The van der Waals surface area contributed by atoms with Gasteiger partial charge in [-0.2, -0.15) is 0 Å². The molecule has 10 heteroatoms. The molecule has 6 N–H and O–H groups in total. The topological polar surface area (TPSA) is 130 Å². The molecular formula is C22H24FN7O2. The van der Waals surface area contributed by atoms with Crippen LogP contribution in [0.25, 0.3) is 11.4 Å². The summed E-state index contributed by atoms with van der Waals surface area (Å²) in [5, 5.41) is 9.72. The monoisotopic (exact) mass is 437 g/mol. The predicted molar refractivity (Wildman–Crippen MR) is 119 cm³/mol. The van der Waals surface area contributed by atoms with Crippen LogP contribution in [0.2, 0.25) is 0 Å².